The van der Waals surface area contributed by atoms with Gasteiger partial charge in [-0.05, 0) is 56.5 Å². The Morgan fingerprint density at radius 2 is 2.00 bits per heavy atom. The third kappa shape index (κ3) is 7.29. The van der Waals surface area contributed by atoms with E-state index in [1.165, 1.54) is 36.8 Å². The first-order valence-corrected chi connectivity index (χ1v) is 9.06. The van der Waals surface area contributed by atoms with Crippen LogP contribution in [0.5, 0.6) is 0 Å². The summed E-state index contributed by atoms with van der Waals surface area (Å²) in [6.07, 6.45) is 8.83. The molecule has 0 aliphatic carbocycles. The predicted octanol–water partition coefficient (Wildman–Crippen LogP) is 3.85. The summed E-state index contributed by atoms with van der Waals surface area (Å²) >= 11 is 0. The molecule has 29 heavy (non-hydrogen) atoms. The summed E-state index contributed by atoms with van der Waals surface area (Å²) in [6.45, 7) is 7.34. The molecule has 0 radical (unpaired) electrons. The maximum absolute atomic E-state index is 13.8. The van der Waals surface area contributed by atoms with Crippen molar-refractivity contribution < 1.29 is 18.7 Å². The Morgan fingerprint density at radius 3 is 2.66 bits per heavy atom. The van der Waals surface area contributed by atoms with E-state index >= 15 is 0 Å². The maximum atomic E-state index is 13.8. The average molecular weight is 397 g/mol. The molecule has 0 atom stereocenters. The van der Waals surface area contributed by atoms with Gasteiger partial charge in [0, 0.05) is 25.0 Å². The van der Waals surface area contributed by atoms with Crippen LogP contribution in [0.4, 0.5) is 4.39 Å². The van der Waals surface area contributed by atoms with Gasteiger partial charge < -0.3 is 10.1 Å². The highest BCUT2D eigenvalue weighted by molar-refractivity contribution is 5.91. The van der Waals surface area contributed by atoms with Crippen LogP contribution >= 0.6 is 0 Å². The Kier molecular flexibility index (Phi) is 7.36. The Bertz CT molecular complexity index is 932. The number of benzene rings is 1. The van der Waals surface area contributed by atoms with E-state index in [4.69, 9.17) is 4.74 Å². The van der Waals surface area contributed by atoms with Gasteiger partial charge in [0.15, 0.2) is 0 Å². The summed E-state index contributed by atoms with van der Waals surface area (Å²) in [5.74, 6) is -1.23. The number of hydrogen-bond acceptors (Lipinski definition) is 5. The molecule has 1 amide bonds. The van der Waals surface area contributed by atoms with Crippen molar-refractivity contribution in [1.82, 2.24) is 15.3 Å². The van der Waals surface area contributed by atoms with Crippen LogP contribution in [0.15, 0.2) is 55.0 Å². The number of rotatable bonds is 6. The predicted molar refractivity (Wildman–Crippen MR) is 108 cm³/mol. The lowest BCUT2D eigenvalue weighted by atomic mass is 10.00. The van der Waals surface area contributed by atoms with Gasteiger partial charge in [0.2, 0.25) is 0 Å². The van der Waals surface area contributed by atoms with Gasteiger partial charge in [-0.2, -0.15) is 0 Å². The van der Waals surface area contributed by atoms with Crippen molar-refractivity contribution in [3.63, 3.8) is 0 Å². The van der Waals surface area contributed by atoms with E-state index in [9.17, 15) is 14.0 Å². The lowest BCUT2D eigenvalue weighted by Gasteiger charge is -2.17. The highest BCUT2D eigenvalue weighted by Crippen LogP contribution is 2.21. The normalized spacial score (nSPS) is 12.1. The third-order valence-electron chi connectivity index (χ3n) is 3.72. The van der Waals surface area contributed by atoms with Crippen molar-refractivity contribution in [2.75, 3.05) is 0 Å². The average Bonchev–Trinajstić information content (AvgIpc) is 2.65. The van der Waals surface area contributed by atoms with Gasteiger partial charge in [0.05, 0.1) is 6.20 Å². The molecular weight excluding hydrogens is 373 g/mol. The van der Waals surface area contributed by atoms with E-state index in [1.54, 1.807) is 45.9 Å². The zero-order valence-electron chi connectivity index (χ0n) is 16.9. The van der Waals surface area contributed by atoms with Gasteiger partial charge in [-0.15, -0.1) is 0 Å². The molecule has 0 fully saturated rings. The van der Waals surface area contributed by atoms with Gasteiger partial charge in [-0.25, -0.2) is 14.2 Å². The molecule has 0 spiro atoms. The van der Waals surface area contributed by atoms with Gasteiger partial charge in [0.25, 0.3) is 5.91 Å². The SMILES string of the molecule is C/C(=C/C=C/C(=O)OC(C)(C)C)c1cc(F)ccc1CNC(=O)c1cnccn1. The van der Waals surface area contributed by atoms with Gasteiger partial charge >= 0.3 is 5.97 Å². The molecule has 0 aliphatic heterocycles. The van der Waals surface area contributed by atoms with Crippen molar-refractivity contribution in [2.24, 2.45) is 0 Å². The number of carbonyl (C=O) groups is 2. The molecule has 2 rings (SSSR count). The van der Waals surface area contributed by atoms with Crippen LogP contribution in [0.3, 0.4) is 0 Å². The van der Waals surface area contributed by atoms with E-state index in [0.717, 1.165) is 11.1 Å². The van der Waals surface area contributed by atoms with Gasteiger partial charge in [-0.1, -0.05) is 18.2 Å². The second kappa shape index (κ2) is 9.73. The zero-order chi connectivity index (χ0) is 21.4. The van der Waals surface area contributed by atoms with Crippen LogP contribution in [0.1, 0.15) is 49.3 Å². The monoisotopic (exact) mass is 397 g/mol. The molecular formula is C22H24FN3O3. The van der Waals surface area contributed by atoms with Crippen molar-refractivity contribution >= 4 is 17.4 Å². The molecule has 0 saturated heterocycles. The molecule has 1 N–H and O–H groups in total. The lowest BCUT2D eigenvalue weighted by molar-refractivity contribution is -0.148. The number of amides is 1. The first kappa shape index (κ1) is 21.9. The van der Waals surface area contributed by atoms with Crippen molar-refractivity contribution in [3.8, 4) is 0 Å². The minimum atomic E-state index is -0.572. The number of nitrogens with zero attached hydrogens (tertiary/aromatic N) is 2. The van der Waals surface area contributed by atoms with E-state index in [0.29, 0.717) is 5.56 Å². The number of aromatic nitrogens is 2. The maximum Gasteiger partial charge on any atom is 0.331 e. The number of allylic oxidation sites excluding steroid dienone is 3. The van der Waals surface area contributed by atoms with Crippen molar-refractivity contribution in [3.05, 3.63) is 77.7 Å². The zero-order valence-corrected chi connectivity index (χ0v) is 16.9. The third-order valence-corrected chi connectivity index (χ3v) is 3.72. The standard InChI is InChI=1S/C22H24FN3O3/c1-15(6-5-7-20(27)29-22(2,3)4)18-12-17(23)9-8-16(18)13-26-21(28)19-14-24-10-11-25-19/h5-12,14H,13H2,1-4H3,(H,26,28)/b7-5+,15-6-. The summed E-state index contributed by atoms with van der Waals surface area (Å²) in [5.41, 5.74) is 1.70. The fourth-order valence-electron chi connectivity index (χ4n) is 2.45. The molecule has 6 nitrogen and oxygen atoms in total. The fraction of sp³-hybridized carbons (Fsp3) is 0.273. The summed E-state index contributed by atoms with van der Waals surface area (Å²) < 4.78 is 19.0. The van der Waals surface area contributed by atoms with Crippen LogP contribution in [0, 0.1) is 5.82 Å². The largest absolute Gasteiger partial charge is 0.457 e. The summed E-state index contributed by atoms with van der Waals surface area (Å²) in [7, 11) is 0. The molecule has 0 unspecified atom stereocenters. The smallest absolute Gasteiger partial charge is 0.331 e. The Balaban J connectivity index is 2.12. The molecule has 0 aliphatic rings. The molecule has 152 valence electrons. The highest BCUT2D eigenvalue weighted by Gasteiger charge is 2.14. The summed E-state index contributed by atoms with van der Waals surface area (Å²) in [6, 6.07) is 4.32. The van der Waals surface area contributed by atoms with Crippen molar-refractivity contribution in [1.29, 1.82) is 0 Å². The first-order chi connectivity index (χ1) is 13.7. The number of nitrogens with one attached hydrogen (secondary N) is 1. The Labute approximate surface area is 169 Å². The molecule has 1 heterocycles. The molecule has 7 heteroatoms. The lowest BCUT2D eigenvalue weighted by Crippen LogP contribution is -2.24. The number of hydrogen-bond donors (Lipinski definition) is 1. The Hall–Kier alpha value is -3.35. The van der Waals surface area contributed by atoms with Crippen LogP contribution in [0.25, 0.3) is 5.57 Å². The second-order valence-corrected chi connectivity index (χ2v) is 7.32. The Morgan fingerprint density at radius 1 is 1.24 bits per heavy atom. The van der Waals surface area contributed by atoms with Gasteiger partial charge in [-0.3, -0.25) is 9.78 Å². The summed E-state index contributed by atoms with van der Waals surface area (Å²) in [5, 5.41) is 2.75. The molecule has 1 aromatic heterocycles. The minimum Gasteiger partial charge on any atom is -0.457 e. The second-order valence-electron chi connectivity index (χ2n) is 7.32. The van der Waals surface area contributed by atoms with Crippen molar-refractivity contribution in [2.45, 2.75) is 39.8 Å². The van der Waals surface area contributed by atoms with Crippen LogP contribution in [-0.2, 0) is 16.1 Å². The number of ether oxygens (including phenoxy) is 1. The molecule has 2 aromatic rings. The first-order valence-electron chi connectivity index (χ1n) is 9.06. The van der Waals surface area contributed by atoms with Crippen LogP contribution in [0.2, 0.25) is 0 Å². The quantitative estimate of drug-likeness (QED) is 0.455. The minimum absolute atomic E-state index is 0.186. The number of carbonyl (C=O) groups excluding carboxylic acids is 2. The molecule has 0 saturated carbocycles. The van der Waals surface area contributed by atoms with Crippen LogP contribution < -0.4 is 5.32 Å². The number of esters is 1. The van der Waals surface area contributed by atoms with Crippen LogP contribution in [-0.4, -0.2) is 27.4 Å². The van der Waals surface area contributed by atoms with E-state index in [1.807, 2.05) is 0 Å². The fourth-order valence-corrected chi connectivity index (χ4v) is 2.45. The molecule has 0 bridgehead atoms. The van der Waals surface area contributed by atoms with E-state index < -0.39 is 17.4 Å². The summed E-state index contributed by atoms with van der Waals surface area (Å²) in [4.78, 5) is 31.7. The van der Waals surface area contributed by atoms with E-state index in [2.05, 4.69) is 15.3 Å². The molecule has 1 aromatic carbocycles. The topological polar surface area (TPSA) is 81.2 Å². The van der Waals surface area contributed by atoms with Gasteiger partial charge in [0.1, 0.15) is 17.1 Å². The highest BCUT2D eigenvalue weighted by atomic mass is 19.1. The number of halogens is 1. The van der Waals surface area contributed by atoms with E-state index in [-0.39, 0.29) is 18.1 Å².